The molecule has 2 aromatic rings. The monoisotopic (exact) mass is 381 g/mol. The number of Topliss-reactive ketones (excluding diaryl/α,β-unsaturated/α-hetero) is 1. The fourth-order valence-corrected chi connectivity index (χ4v) is 3.11. The van der Waals surface area contributed by atoms with Crippen LogP contribution in [0.25, 0.3) is 0 Å². The van der Waals surface area contributed by atoms with Crippen molar-refractivity contribution in [3.8, 4) is 11.5 Å². The molecular formula is C18H19Cl2N2O3+. The summed E-state index contributed by atoms with van der Waals surface area (Å²) in [7, 11) is 3.36. The highest BCUT2D eigenvalue weighted by molar-refractivity contribution is 6.36. The summed E-state index contributed by atoms with van der Waals surface area (Å²) in [4.78, 5) is 16.8. The van der Waals surface area contributed by atoms with Crippen molar-refractivity contribution in [1.82, 2.24) is 4.98 Å². The number of nitrogens with zero attached hydrogens (tertiary/aromatic N) is 2. The van der Waals surface area contributed by atoms with Crippen molar-refractivity contribution in [3.05, 3.63) is 46.0 Å². The molecule has 0 bridgehead atoms. The third kappa shape index (κ3) is 4.41. The van der Waals surface area contributed by atoms with Crippen molar-refractivity contribution in [3.63, 3.8) is 0 Å². The van der Waals surface area contributed by atoms with Gasteiger partial charge in [-0.05, 0) is 18.8 Å². The number of carbonyl (C=O) groups excluding carboxylic acids is 1. The van der Waals surface area contributed by atoms with Crippen molar-refractivity contribution in [2.24, 2.45) is 13.0 Å². The van der Waals surface area contributed by atoms with E-state index in [0.717, 1.165) is 0 Å². The maximum Gasteiger partial charge on any atom is 0.187 e. The molecule has 2 aromatic heterocycles. The smallest absolute Gasteiger partial charge is 0.187 e. The number of carbonyl (C=O) groups is 1. The van der Waals surface area contributed by atoms with Gasteiger partial charge in [0.25, 0.3) is 0 Å². The molecule has 7 heteroatoms. The van der Waals surface area contributed by atoms with Gasteiger partial charge in [0.15, 0.2) is 29.7 Å². The second kappa shape index (κ2) is 7.58. The van der Waals surface area contributed by atoms with Crippen molar-refractivity contribution < 1.29 is 18.8 Å². The minimum absolute atomic E-state index is 0.0693. The van der Waals surface area contributed by atoms with E-state index in [1.54, 1.807) is 30.1 Å². The number of hydrogen-bond donors (Lipinski definition) is 0. The highest BCUT2D eigenvalue weighted by Crippen LogP contribution is 2.33. The molecule has 1 aliphatic carbocycles. The average molecular weight is 382 g/mol. The Hall–Kier alpha value is -1.85. The molecule has 0 aliphatic heterocycles. The van der Waals surface area contributed by atoms with Gasteiger partial charge in [-0.15, -0.1) is 0 Å². The molecule has 5 nitrogen and oxygen atoms in total. The zero-order valence-corrected chi connectivity index (χ0v) is 15.6. The second-order valence-corrected chi connectivity index (χ2v) is 6.99. The van der Waals surface area contributed by atoms with E-state index in [4.69, 9.17) is 32.7 Å². The van der Waals surface area contributed by atoms with Crippen molar-refractivity contribution >= 4 is 29.0 Å². The molecule has 1 saturated carbocycles. The second-order valence-electron chi connectivity index (χ2n) is 6.17. The lowest BCUT2D eigenvalue weighted by Crippen LogP contribution is -2.27. The summed E-state index contributed by atoms with van der Waals surface area (Å²) in [6.07, 6.45) is 7.36. The molecule has 0 N–H and O–H groups in total. The van der Waals surface area contributed by atoms with E-state index < -0.39 is 0 Å². The maximum atomic E-state index is 12.6. The Morgan fingerprint density at radius 2 is 1.96 bits per heavy atom. The zero-order valence-electron chi connectivity index (χ0n) is 14.1. The number of rotatable bonds is 7. The Bertz CT molecular complexity index is 784. The van der Waals surface area contributed by atoms with E-state index in [1.165, 1.54) is 19.0 Å². The molecule has 0 aromatic carbocycles. The molecular weight excluding hydrogens is 363 g/mol. The molecule has 3 rings (SSSR count). The Morgan fingerprint density at radius 1 is 1.28 bits per heavy atom. The minimum Gasteiger partial charge on any atom is -0.491 e. The summed E-state index contributed by atoms with van der Waals surface area (Å²) in [5, 5.41) is 0.893. The summed E-state index contributed by atoms with van der Waals surface area (Å²) in [5.41, 5.74) is 0.886. The van der Waals surface area contributed by atoms with Crippen LogP contribution in [0.5, 0.6) is 11.5 Å². The topological polar surface area (TPSA) is 52.3 Å². The fourth-order valence-electron chi connectivity index (χ4n) is 2.42. The number of halogens is 2. The van der Waals surface area contributed by atoms with Crippen LogP contribution in [-0.4, -0.2) is 24.5 Å². The Kier molecular flexibility index (Phi) is 5.45. The Labute approximate surface area is 156 Å². The average Bonchev–Trinajstić information content (AvgIpc) is 3.40. The number of methoxy groups -OCH3 is 1. The van der Waals surface area contributed by atoms with Gasteiger partial charge < -0.3 is 9.47 Å². The van der Waals surface area contributed by atoms with Crippen LogP contribution in [0.2, 0.25) is 10.0 Å². The van der Waals surface area contributed by atoms with Gasteiger partial charge in [-0.1, -0.05) is 23.2 Å². The highest BCUT2D eigenvalue weighted by atomic mass is 35.5. The molecule has 25 heavy (non-hydrogen) atoms. The van der Waals surface area contributed by atoms with Crippen LogP contribution in [-0.2, 0) is 13.5 Å². The van der Waals surface area contributed by atoms with E-state index in [0.29, 0.717) is 45.3 Å². The zero-order chi connectivity index (χ0) is 18.0. The normalized spacial score (nSPS) is 13.6. The molecule has 0 spiro atoms. The van der Waals surface area contributed by atoms with Gasteiger partial charge in [0.05, 0.1) is 19.9 Å². The van der Waals surface area contributed by atoms with Crippen LogP contribution in [0.15, 0.2) is 24.7 Å². The van der Waals surface area contributed by atoms with Crippen LogP contribution in [0, 0.1) is 5.92 Å². The van der Waals surface area contributed by atoms with Gasteiger partial charge in [0, 0.05) is 18.1 Å². The minimum atomic E-state index is -0.184. The molecule has 0 amide bonds. The van der Waals surface area contributed by atoms with Gasteiger partial charge in [-0.3, -0.25) is 4.79 Å². The molecule has 0 unspecified atom stereocenters. The largest absolute Gasteiger partial charge is 0.491 e. The number of ether oxygens (including phenoxy) is 2. The molecule has 2 heterocycles. The summed E-state index contributed by atoms with van der Waals surface area (Å²) in [5.74, 6) is 1.46. The SMILES string of the molecule is COc1cnc(C(=O)Cc2c(Cl)c[n+](C)cc2Cl)cc1OCC1CC1. The molecule has 1 aliphatic rings. The van der Waals surface area contributed by atoms with E-state index >= 15 is 0 Å². The maximum absolute atomic E-state index is 12.6. The predicted molar refractivity (Wildman–Crippen MR) is 94.7 cm³/mol. The number of aromatic nitrogens is 2. The van der Waals surface area contributed by atoms with E-state index in [-0.39, 0.29) is 12.2 Å². The third-order valence-corrected chi connectivity index (χ3v) is 4.71. The molecule has 0 atom stereocenters. The van der Waals surface area contributed by atoms with Crippen molar-refractivity contribution in [2.75, 3.05) is 13.7 Å². The summed E-state index contributed by atoms with van der Waals surface area (Å²) < 4.78 is 12.8. The predicted octanol–water partition coefficient (Wildman–Crippen LogP) is 3.44. The first-order chi connectivity index (χ1) is 12.0. The summed E-state index contributed by atoms with van der Waals surface area (Å²) in [6, 6.07) is 1.62. The number of ketones is 1. The van der Waals surface area contributed by atoms with Crippen LogP contribution in [0.1, 0.15) is 28.9 Å². The number of hydrogen-bond acceptors (Lipinski definition) is 4. The molecule has 132 valence electrons. The molecule has 0 saturated heterocycles. The lowest BCUT2D eigenvalue weighted by Gasteiger charge is -2.11. The van der Waals surface area contributed by atoms with Gasteiger partial charge in [0.1, 0.15) is 22.8 Å². The number of aryl methyl sites for hydroxylation is 1. The first-order valence-electron chi connectivity index (χ1n) is 8.01. The van der Waals surface area contributed by atoms with Crippen LogP contribution < -0.4 is 14.0 Å². The first-order valence-corrected chi connectivity index (χ1v) is 8.76. The van der Waals surface area contributed by atoms with E-state index in [9.17, 15) is 4.79 Å². The lowest BCUT2D eigenvalue weighted by molar-refractivity contribution is -0.671. The van der Waals surface area contributed by atoms with Gasteiger partial charge >= 0.3 is 0 Å². The summed E-state index contributed by atoms with van der Waals surface area (Å²) in [6.45, 7) is 0.626. The highest BCUT2D eigenvalue weighted by Gasteiger charge is 2.23. The lowest BCUT2D eigenvalue weighted by atomic mass is 10.1. The van der Waals surface area contributed by atoms with Crippen LogP contribution in [0.4, 0.5) is 0 Å². The van der Waals surface area contributed by atoms with Gasteiger partial charge in [-0.25, -0.2) is 9.55 Å². The fraction of sp³-hybridized carbons (Fsp3) is 0.389. The van der Waals surface area contributed by atoms with Crippen molar-refractivity contribution in [2.45, 2.75) is 19.3 Å². The quantitative estimate of drug-likeness (QED) is 0.544. The van der Waals surface area contributed by atoms with E-state index in [1.807, 2.05) is 7.05 Å². The van der Waals surface area contributed by atoms with Crippen LogP contribution >= 0.6 is 23.2 Å². The Balaban J connectivity index is 1.80. The van der Waals surface area contributed by atoms with Crippen molar-refractivity contribution in [1.29, 1.82) is 0 Å². The Morgan fingerprint density at radius 3 is 2.56 bits per heavy atom. The van der Waals surface area contributed by atoms with Gasteiger partial charge in [-0.2, -0.15) is 0 Å². The molecule has 1 fully saturated rings. The molecule has 0 radical (unpaired) electrons. The van der Waals surface area contributed by atoms with Crippen LogP contribution in [0.3, 0.4) is 0 Å². The number of pyridine rings is 2. The standard InChI is InChI=1S/C18H19Cl2N2O3/c1-22-8-13(19)12(14(20)9-22)5-16(23)15-6-17(18(24-2)7-21-15)25-10-11-3-4-11/h6-9,11H,3-5,10H2,1-2H3/q+1. The first kappa shape index (κ1) is 18.0. The third-order valence-electron chi connectivity index (χ3n) is 4.06. The van der Waals surface area contributed by atoms with Gasteiger partial charge in [0.2, 0.25) is 0 Å². The van der Waals surface area contributed by atoms with E-state index in [2.05, 4.69) is 4.98 Å². The summed E-state index contributed by atoms with van der Waals surface area (Å²) >= 11 is 12.4.